The second-order valence-electron chi connectivity index (χ2n) is 2.58. The molecule has 1 heterocycles. The molecule has 0 aromatic heterocycles. The van der Waals surface area contributed by atoms with Gasteiger partial charge in [0.25, 0.3) is 0 Å². The fraction of sp³-hybridized carbons (Fsp3) is 0.500. The summed E-state index contributed by atoms with van der Waals surface area (Å²) in [5, 5.41) is 0. The van der Waals surface area contributed by atoms with Crippen LogP contribution in [0.15, 0.2) is 22.3 Å². The minimum absolute atomic E-state index is 0.768. The van der Waals surface area contributed by atoms with Gasteiger partial charge < -0.3 is 4.90 Å². The molecule has 0 N–H and O–H groups in total. The van der Waals surface area contributed by atoms with Gasteiger partial charge in [-0.25, -0.2) is 4.99 Å². The van der Waals surface area contributed by atoms with E-state index < -0.39 is 0 Å². The molecule has 0 saturated heterocycles. The lowest BCUT2D eigenvalue weighted by atomic mass is 10.4. The van der Waals surface area contributed by atoms with Crippen molar-refractivity contribution in [3.8, 4) is 0 Å². The average molecular weight is 151 g/mol. The Balaban J connectivity index is 2.58. The molecule has 0 aromatic rings. The zero-order valence-corrected chi connectivity index (χ0v) is 6.82. The van der Waals surface area contributed by atoms with Gasteiger partial charge in [-0.15, -0.1) is 0 Å². The van der Waals surface area contributed by atoms with Crippen LogP contribution in [0.5, 0.6) is 0 Å². The van der Waals surface area contributed by atoms with E-state index in [2.05, 4.69) is 16.6 Å². The summed E-state index contributed by atoms with van der Waals surface area (Å²) in [7, 11) is 1.98. The summed E-state index contributed by atoms with van der Waals surface area (Å²) < 4.78 is 0. The van der Waals surface area contributed by atoms with E-state index >= 15 is 0 Å². The number of likely N-dealkylation sites (N-methyl/N-ethyl adjacent to an activating group) is 1. The van der Waals surface area contributed by atoms with Gasteiger partial charge in [0.2, 0.25) is 0 Å². The summed E-state index contributed by atoms with van der Waals surface area (Å²) in [4.78, 5) is 10.3. The van der Waals surface area contributed by atoms with Crippen LogP contribution in [-0.2, 0) is 0 Å². The highest BCUT2D eigenvalue weighted by Crippen LogP contribution is 1.97. The van der Waals surface area contributed by atoms with E-state index in [0.29, 0.717) is 0 Å². The molecule has 0 atom stereocenters. The smallest absolute Gasteiger partial charge is 0.0906 e. The first-order valence-corrected chi connectivity index (χ1v) is 3.69. The maximum absolute atomic E-state index is 4.18. The first-order chi connectivity index (χ1) is 5.29. The Labute approximate surface area is 67.1 Å². The van der Waals surface area contributed by atoms with Crippen LogP contribution in [0.2, 0.25) is 0 Å². The van der Waals surface area contributed by atoms with Crippen molar-refractivity contribution < 1.29 is 0 Å². The molecule has 11 heavy (non-hydrogen) atoms. The van der Waals surface area contributed by atoms with E-state index in [4.69, 9.17) is 0 Å². The van der Waals surface area contributed by atoms with Crippen molar-refractivity contribution in [3.05, 3.63) is 12.3 Å². The van der Waals surface area contributed by atoms with Crippen LogP contribution < -0.4 is 0 Å². The standard InChI is InChI=1S/C8H13N3/c1-8-3-4-9-5-6-11(2)7-10-8/h4,7H,1,3,5-6H2,2H3/b9-4-,10-7-. The fourth-order valence-electron chi connectivity index (χ4n) is 0.767. The summed E-state index contributed by atoms with van der Waals surface area (Å²) in [6.07, 6.45) is 4.44. The number of allylic oxidation sites excluding steroid dienone is 1. The third-order valence-corrected chi connectivity index (χ3v) is 1.48. The third kappa shape index (κ3) is 2.98. The lowest BCUT2D eigenvalue weighted by Gasteiger charge is -2.09. The molecule has 0 aliphatic carbocycles. The number of aliphatic imine (C=N–C) groups is 2. The van der Waals surface area contributed by atoms with Crippen LogP contribution >= 0.6 is 0 Å². The number of rotatable bonds is 0. The molecule has 1 rings (SSSR count). The van der Waals surface area contributed by atoms with Crippen molar-refractivity contribution in [1.29, 1.82) is 0 Å². The summed E-state index contributed by atoms with van der Waals surface area (Å²) in [5.41, 5.74) is 0.863. The lowest BCUT2D eigenvalue weighted by molar-refractivity contribution is 0.532. The SMILES string of the molecule is C=C1C/C=N\CCN(C)/C=N\1. The monoisotopic (exact) mass is 151 g/mol. The largest absolute Gasteiger partial charge is 0.364 e. The minimum atomic E-state index is 0.768. The Morgan fingerprint density at radius 1 is 1.64 bits per heavy atom. The molecule has 0 saturated carbocycles. The van der Waals surface area contributed by atoms with Crippen LogP contribution in [-0.4, -0.2) is 37.6 Å². The molecular weight excluding hydrogens is 138 g/mol. The molecule has 0 spiro atoms. The zero-order chi connectivity index (χ0) is 8.10. The quantitative estimate of drug-likeness (QED) is 0.506. The highest BCUT2D eigenvalue weighted by Gasteiger charge is 1.93. The molecule has 60 valence electrons. The average Bonchev–Trinajstić information content (AvgIpc) is 2.06. The van der Waals surface area contributed by atoms with Crippen LogP contribution in [0, 0.1) is 0 Å². The molecule has 3 heteroatoms. The normalized spacial score (nSPS) is 25.2. The van der Waals surface area contributed by atoms with Gasteiger partial charge in [0, 0.05) is 31.9 Å². The van der Waals surface area contributed by atoms with Gasteiger partial charge in [0.05, 0.1) is 12.9 Å². The predicted molar refractivity (Wildman–Crippen MR) is 48.2 cm³/mol. The first kappa shape index (κ1) is 7.98. The fourth-order valence-corrected chi connectivity index (χ4v) is 0.767. The Morgan fingerprint density at radius 2 is 2.45 bits per heavy atom. The molecule has 0 aromatic carbocycles. The molecule has 0 unspecified atom stereocenters. The van der Waals surface area contributed by atoms with E-state index in [1.54, 1.807) is 6.34 Å². The Kier molecular flexibility index (Phi) is 2.83. The number of hydrogen-bond acceptors (Lipinski definition) is 3. The Bertz CT molecular complexity index is 194. The molecule has 0 fully saturated rings. The summed E-state index contributed by atoms with van der Waals surface area (Å²) in [6.45, 7) is 5.54. The second-order valence-corrected chi connectivity index (χ2v) is 2.58. The lowest BCUT2D eigenvalue weighted by Crippen LogP contribution is -2.19. The highest BCUT2D eigenvalue weighted by molar-refractivity contribution is 5.64. The topological polar surface area (TPSA) is 28.0 Å². The zero-order valence-electron chi connectivity index (χ0n) is 6.82. The Morgan fingerprint density at radius 3 is 3.27 bits per heavy atom. The van der Waals surface area contributed by atoms with Gasteiger partial charge >= 0.3 is 0 Å². The first-order valence-electron chi connectivity index (χ1n) is 3.69. The van der Waals surface area contributed by atoms with E-state index in [-0.39, 0.29) is 0 Å². The van der Waals surface area contributed by atoms with Crippen molar-refractivity contribution in [2.24, 2.45) is 9.98 Å². The summed E-state index contributed by atoms with van der Waals surface area (Å²) in [5.74, 6) is 0. The van der Waals surface area contributed by atoms with Crippen LogP contribution in [0.25, 0.3) is 0 Å². The van der Waals surface area contributed by atoms with Crippen molar-refractivity contribution in [2.75, 3.05) is 20.1 Å². The van der Waals surface area contributed by atoms with Crippen molar-refractivity contribution in [2.45, 2.75) is 6.42 Å². The summed E-state index contributed by atoms with van der Waals surface area (Å²) in [6, 6.07) is 0. The van der Waals surface area contributed by atoms with Crippen molar-refractivity contribution in [1.82, 2.24) is 4.90 Å². The van der Waals surface area contributed by atoms with Crippen molar-refractivity contribution >= 4 is 12.6 Å². The van der Waals surface area contributed by atoms with Gasteiger partial charge in [0.15, 0.2) is 0 Å². The highest BCUT2D eigenvalue weighted by atomic mass is 15.1. The van der Waals surface area contributed by atoms with Crippen LogP contribution in [0.1, 0.15) is 6.42 Å². The van der Waals surface area contributed by atoms with Gasteiger partial charge in [-0.3, -0.25) is 4.99 Å². The molecule has 0 bridgehead atoms. The molecule has 0 amide bonds. The van der Waals surface area contributed by atoms with Crippen molar-refractivity contribution in [3.63, 3.8) is 0 Å². The van der Waals surface area contributed by atoms with Gasteiger partial charge in [-0.2, -0.15) is 0 Å². The predicted octanol–water partition coefficient (Wildman–Crippen LogP) is 0.935. The number of hydrogen-bond donors (Lipinski definition) is 0. The molecular formula is C8H13N3. The maximum Gasteiger partial charge on any atom is 0.0906 e. The summed E-state index contributed by atoms with van der Waals surface area (Å²) >= 11 is 0. The number of nitrogens with zero attached hydrogens (tertiary/aromatic N) is 3. The van der Waals surface area contributed by atoms with E-state index in [0.717, 1.165) is 25.2 Å². The van der Waals surface area contributed by atoms with E-state index in [1.165, 1.54) is 0 Å². The van der Waals surface area contributed by atoms with E-state index in [9.17, 15) is 0 Å². The van der Waals surface area contributed by atoms with Gasteiger partial charge in [-0.05, 0) is 0 Å². The van der Waals surface area contributed by atoms with Gasteiger partial charge in [-0.1, -0.05) is 6.58 Å². The maximum atomic E-state index is 4.18. The second kappa shape index (κ2) is 3.91. The third-order valence-electron chi connectivity index (χ3n) is 1.48. The molecule has 3 nitrogen and oxygen atoms in total. The molecule has 1 aliphatic rings. The molecule has 0 radical (unpaired) electrons. The van der Waals surface area contributed by atoms with Crippen LogP contribution in [0.4, 0.5) is 0 Å². The van der Waals surface area contributed by atoms with E-state index in [1.807, 2.05) is 18.2 Å². The minimum Gasteiger partial charge on any atom is -0.364 e. The Hall–Kier alpha value is -1.12. The molecule has 1 aliphatic heterocycles. The van der Waals surface area contributed by atoms with Gasteiger partial charge in [0.1, 0.15) is 0 Å². The van der Waals surface area contributed by atoms with Crippen LogP contribution in [0.3, 0.4) is 0 Å².